The van der Waals surface area contributed by atoms with E-state index in [1.165, 1.54) is 41.4 Å². The number of benzene rings is 4. The van der Waals surface area contributed by atoms with Crippen molar-refractivity contribution in [1.29, 1.82) is 5.26 Å². The Bertz CT molecular complexity index is 1810. The average Bonchev–Trinajstić information content (AvgIpc) is 3.12. The van der Waals surface area contributed by atoms with Crippen LogP contribution >= 0.6 is 0 Å². The van der Waals surface area contributed by atoms with Crippen LogP contribution in [0.3, 0.4) is 0 Å². The van der Waals surface area contributed by atoms with Gasteiger partial charge in [-0.2, -0.15) is 5.26 Å². The third-order valence-electron chi connectivity index (χ3n) is 7.88. The number of amides is 4. The Morgan fingerprint density at radius 2 is 1.70 bits per heavy atom. The largest absolute Gasteiger partial charge is 0.343 e. The SMILES string of the molecule is N#CCN(C(=O)NCc1ccc(F)cc1)N1CCN(Cc2cccc3ccccc23)C(=O)[C@H](Cc2ccc([N+](=O)[O-])cc2)NC(=O)C1. The Hall–Kier alpha value is -5.87. The highest BCUT2D eigenvalue weighted by molar-refractivity contribution is 5.90. The van der Waals surface area contributed by atoms with Gasteiger partial charge in [0, 0.05) is 44.7 Å². The summed E-state index contributed by atoms with van der Waals surface area (Å²) in [4.78, 5) is 53.1. The topological polar surface area (TPSA) is 152 Å². The van der Waals surface area contributed by atoms with Gasteiger partial charge in [-0.1, -0.05) is 66.7 Å². The minimum atomic E-state index is -1.00. The molecule has 0 aromatic heterocycles. The number of rotatable bonds is 9. The van der Waals surface area contributed by atoms with Crippen LogP contribution < -0.4 is 10.6 Å². The second kappa shape index (κ2) is 14.9. The number of non-ortho nitro benzene ring substituents is 1. The van der Waals surface area contributed by atoms with Crippen molar-refractivity contribution in [1.82, 2.24) is 25.6 Å². The number of hydrogen-bond donors (Lipinski definition) is 2. The fraction of sp³-hybridized carbons (Fsp3) is 0.235. The van der Waals surface area contributed by atoms with Crippen molar-refractivity contribution in [3.05, 3.63) is 124 Å². The van der Waals surface area contributed by atoms with Crippen LogP contribution in [0, 0.1) is 27.3 Å². The molecule has 47 heavy (non-hydrogen) atoms. The number of urea groups is 1. The molecule has 1 aliphatic rings. The Labute approximate surface area is 270 Å². The van der Waals surface area contributed by atoms with E-state index in [9.17, 15) is 34.2 Å². The third kappa shape index (κ3) is 8.24. The van der Waals surface area contributed by atoms with E-state index in [2.05, 4.69) is 10.6 Å². The van der Waals surface area contributed by atoms with Gasteiger partial charge in [0.2, 0.25) is 11.8 Å². The van der Waals surface area contributed by atoms with Gasteiger partial charge in [0.1, 0.15) is 18.4 Å². The molecular formula is C34H32FN7O5. The molecule has 1 heterocycles. The first-order valence-corrected chi connectivity index (χ1v) is 14.9. The lowest BCUT2D eigenvalue weighted by molar-refractivity contribution is -0.384. The molecule has 1 fully saturated rings. The van der Waals surface area contributed by atoms with E-state index < -0.39 is 28.7 Å². The smallest absolute Gasteiger partial charge is 0.333 e. The van der Waals surface area contributed by atoms with Crippen LogP contribution in [0.4, 0.5) is 14.9 Å². The number of nitrogens with zero attached hydrogens (tertiary/aromatic N) is 5. The van der Waals surface area contributed by atoms with E-state index in [0.29, 0.717) is 11.1 Å². The van der Waals surface area contributed by atoms with Crippen molar-refractivity contribution >= 4 is 34.3 Å². The lowest BCUT2D eigenvalue weighted by atomic mass is 10.0. The van der Waals surface area contributed by atoms with Crippen LogP contribution in [0.25, 0.3) is 10.8 Å². The number of hydrogen-bond acceptors (Lipinski definition) is 7. The van der Waals surface area contributed by atoms with Crippen molar-refractivity contribution in [3.8, 4) is 6.07 Å². The third-order valence-corrected chi connectivity index (χ3v) is 7.88. The molecule has 240 valence electrons. The number of nitriles is 1. The zero-order chi connectivity index (χ0) is 33.3. The zero-order valence-corrected chi connectivity index (χ0v) is 25.3. The zero-order valence-electron chi connectivity index (χ0n) is 25.3. The van der Waals surface area contributed by atoms with Gasteiger partial charge >= 0.3 is 6.03 Å². The average molecular weight is 638 g/mol. The van der Waals surface area contributed by atoms with E-state index in [-0.39, 0.29) is 57.3 Å². The molecule has 4 aromatic rings. The van der Waals surface area contributed by atoms with E-state index in [1.54, 1.807) is 17.0 Å². The predicted molar refractivity (Wildman–Crippen MR) is 171 cm³/mol. The summed E-state index contributed by atoms with van der Waals surface area (Å²) in [5.41, 5.74) is 2.04. The number of carbonyl (C=O) groups is 3. The molecule has 0 saturated carbocycles. The molecule has 1 atom stereocenters. The first-order valence-electron chi connectivity index (χ1n) is 14.9. The number of fused-ring (bicyclic) bond motifs is 1. The van der Waals surface area contributed by atoms with Crippen molar-refractivity contribution in [2.75, 3.05) is 26.2 Å². The van der Waals surface area contributed by atoms with E-state index >= 15 is 0 Å². The summed E-state index contributed by atoms with van der Waals surface area (Å²) < 4.78 is 13.3. The van der Waals surface area contributed by atoms with E-state index in [1.807, 2.05) is 48.5 Å². The van der Waals surface area contributed by atoms with Gasteiger partial charge in [-0.05, 0) is 39.6 Å². The van der Waals surface area contributed by atoms with Crippen molar-refractivity contribution < 1.29 is 23.7 Å². The van der Waals surface area contributed by atoms with Crippen LogP contribution in [0.5, 0.6) is 0 Å². The molecule has 1 aliphatic heterocycles. The molecule has 0 aliphatic carbocycles. The van der Waals surface area contributed by atoms with Crippen LogP contribution in [-0.4, -0.2) is 69.9 Å². The number of halogens is 1. The van der Waals surface area contributed by atoms with Crippen LogP contribution in [-0.2, 0) is 29.1 Å². The number of nitrogens with one attached hydrogen (secondary N) is 2. The quantitative estimate of drug-likeness (QED) is 0.160. The second-order valence-corrected chi connectivity index (χ2v) is 11.0. The molecule has 4 amide bonds. The highest BCUT2D eigenvalue weighted by Gasteiger charge is 2.32. The minimum absolute atomic E-state index is 0.0554. The van der Waals surface area contributed by atoms with Gasteiger partial charge in [0.05, 0.1) is 17.5 Å². The van der Waals surface area contributed by atoms with Gasteiger partial charge in [-0.3, -0.25) is 19.7 Å². The lowest BCUT2D eigenvalue weighted by Crippen LogP contribution is -2.55. The number of hydrazine groups is 1. The summed E-state index contributed by atoms with van der Waals surface area (Å²) >= 11 is 0. The van der Waals surface area contributed by atoms with Gasteiger partial charge in [-0.25, -0.2) is 19.2 Å². The first kappa shape index (κ1) is 32.5. The van der Waals surface area contributed by atoms with Crippen molar-refractivity contribution in [2.24, 2.45) is 0 Å². The fourth-order valence-corrected chi connectivity index (χ4v) is 5.48. The van der Waals surface area contributed by atoms with E-state index in [0.717, 1.165) is 21.3 Å². The van der Waals surface area contributed by atoms with Crippen molar-refractivity contribution in [2.45, 2.75) is 25.6 Å². The summed E-state index contributed by atoms with van der Waals surface area (Å²) in [6.45, 7) is -0.260. The summed E-state index contributed by atoms with van der Waals surface area (Å²) in [6, 6.07) is 25.3. The fourth-order valence-electron chi connectivity index (χ4n) is 5.48. The van der Waals surface area contributed by atoms with Gasteiger partial charge < -0.3 is 15.5 Å². The molecule has 1 saturated heterocycles. The Balaban J connectivity index is 1.42. The summed E-state index contributed by atoms with van der Waals surface area (Å²) in [5.74, 6) is -1.32. The maximum Gasteiger partial charge on any atom is 0.333 e. The standard InChI is InChI=1S/C34H32FN7O5/c35-28-12-8-25(9-13-28)21-37-34(45)41(17-16-36)40-19-18-39(22-27-6-3-5-26-4-1-2-7-30(26)27)33(44)31(38-32(43)23-40)20-24-10-14-29(15-11-24)42(46)47/h1-15,31H,17-23H2,(H,37,45)(H,38,43)/t31-/m0/s1. The minimum Gasteiger partial charge on any atom is -0.343 e. The highest BCUT2D eigenvalue weighted by Crippen LogP contribution is 2.22. The molecule has 0 radical (unpaired) electrons. The summed E-state index contributed by atoms with van der Waals surface area (Å²) in [7, 11) is 0. The van der Waals surface area contributed by atoms with Crippen LogP contribution in [0.15, 0.2) is 91.0 Å². The van der Waals surface area contributed by atoms with Crippen molar-refractivity contribution in [3.63, 3.8) is 0 Å². The van der Waals surface area contributed by atoms with Gasteiger partial charge in [0.25, 0.3) is 5.69 Å². The molecule has 5 rings (SSSR count). The predicted octanol–water partition coefficient (Wildman–Crippen LogP) is 3.91. The van der Waals surface area contributed by atoms with Gasteiger partial charge in [0.15, 0.2) is 0 Å². The maximum atomic E-state index is 14.1. The lowest BCUT2D eigenvalue weighted by Gasteiger charge is -2.33. The molecule has 0 spiro atoms. The van der Waals surface area contributed by atoms with Crippen LogP contribution in [0.2, 0.25) is 0 Å². The maximum absolute atomic E-state index is 14.1. The molecule has 4 aromatic carbocycles. The number of nitro benzene ring substituents is 1. The molecule has 0 bridgehead atoms. The first-order chi connectivity index (χ1) is 22.7. The molecule has 0 unspecified atom stereocenters. The normalized spacial score (nSPS) is 15.6. The Kier molecular flexibility index (Phi) is 10.3. The molecule has 13 heteroatoms. The molecule has 12 nitrogen and oxygen atoms in total. The monoisotopic (exact) mass is 637 g/mol. The van der Waals surface area contributed by atoms with Gasteiger partial charge in [-0.15, -0.1) is 0 Å². The van der Waals surface area contributed by atoms with Crippen LogP contribution in [0.1, 0.15) is 16.7 Å². The molecule has 2 N–H and O–H groups in total. The second-order valence-electron chi connectivity index (χ2n) is 11.0. The van der Waals surface area contributed by atoms with E-state index in [4.69, 9.17) is 0 Å². The summed E-state index contributed by atoms with van der Waals surface area (Å²) in [6.07, 6.45) is 0.0780. The number of nitro groups is 1. The molecular weight excluding hydrogens is 605 g/mol. The Morgan fingerprint density at radius 3 is 2.43 bits per heavy atom. The highest BCUT2D eigenvalue weighted by atomic mass is 19.1. The Morgan fingerprint density at radius 1 is 1.00 bits per heavy atom. The number of carbonyl (C=O) groups excluding carboxylic acids is 3. The summed E-state index contributed by atoms with van der Waals surface area (Å²) in [5, 5.41) is 30.7.